The summed E-state index contributed by atoms with van der Waals surface area (Å²) in [5.74, 6) is 0. The van der Waals surface area contributed by atoms with Gasteiger partial charge >= 0.3 is 6.16 Å². The van der Waals surface area contributed by atoms with Crippen molar-refractivity contribution in [3.05, 3.63) is 40.8 Å². The minimum atomic E-state index is -3.77. The SMILES string of the molecule is CC(C)OC(=O)OCn1ccc2c(S(=O)(=O)N3CC[C@H](N)C3)cccc2c1=O. The van der Waals surface area contributed by atoms with Gasteiger partial charge in [0.25, 0.3) is 5.56 Å². The third kappa shape index (κ3) is 4.03. The van der Waals surface area contributed by atoms with E-state index in [1.165, 1.54) is 39.3 Å². The number of nitrogens with zero attached hydrogens (tertiary/aromatic N) is 2. The van der Waals surface area contributed by atoms with E-state index in [0.29, 0.717) is 18.4 Å². The maximum absolute atomic E-state index is 13.0. The van der Waals surface area contributed by atoms with Gasteiger partial charge in [-0.15, -0.1) is 0 Å². The van der Waals surface area contributed by atoms with Crippen molar-refractivity contribution in [1.29, 1.82) is 0 Å². The predicted molar refractivity (Wildman–Crippen MR) is 102 cm³/mol. The highest BCUT2D eigenvalue weighted by Crippen LogP contribution is 2.26. The molecule has 0 radical (unpaired) electrons. The molecule has 0 unspecified atom stereocenters. The van der Waals surface area contributed by atoms with E-state index in [1.807, 2.05) is 0 Å². The quantitative estimate of drug-likeness (QED) is 0.738. The molecule has 0 bridgehead atoms. The summed E-state index contributed by atoms with van der Waals surface area (Å²) >= 11 is 0. The van der Waals surface area contributed by atoms with Crippen LogP contribution in [0.5, 0.6) is 0 Å². The molecule has 28 heavy (non-hydrogen) atoms. The van der Waals surface area contributed by atoms with Crippen LogP contribution >= 0.6 is 0 Å². The zero-order chi connectivity index (χ0) is 20.5. The van der Waals surface area contributed by atoms with Gasteiger partial charge in [0.2, 0.25) is 10.0 Å². The summed E-state index contributed by atoms with van der Waals surface area (Å²) in [7, 11) is -3.77. The van der Waals surface area contributed by atoms with Gasteiger partial charge in [0.05, 0.1) is 11.0 Å². The molecule has 9 nitrogen and oxygen atoms in total. The zero-order valence-electron chi connectivity index (χ0n) is 15.7. The average Bonchev–Trinajstić information content (AvgIpc) is 3.07. The molecule has 0 amide bonds. The molecule has 0 aliphatic carbocycles. The monoisotopic (exact) mass is 409 g/mol. The number of pyridine rings is 1. The van der Waals surface area contributed by atoms with Gasteiger partial charge in [-0.25, -0.2) is 13.2 Å². The second-order valence-electron chi connectivity index (χ2n) is 6.91. The van der Waals surface area contributed by atoms with Crippen LogP contribution < -0.4 is 11.3 Å². The van der Waals surface area contributed by atoms with Crippen LogP contribution in [-0.4, -0.2) is 48.7 Å². The molecule has 3 rings (SSSR count). The average molecular weight is 409 g/mol. The van der Waals surface area contributed by atoms with Crippen molar-refractivity contribution < 1.29 is 22.7 Å². The highest BCUT2D eigenvalue weighted by Gasteiger charge is 2.32. The largest absolute Gasteiger partial charge is 0.510 e. The van der Waals surface area contributed by atoms with Gasteiger partial charge in [0.1, 0.15) is 0 Å². The lowest BCUT2D eigenvalue weighted by Crippen LogP contribution is -2.32. The fourth-order valence-corrected chi connectivity index (χ4v) is 4.79. The Balaban J connectivity index is 1.93. The number of fused-ring (bicyclic) bond motifs is 1. The topological polar surface area (TPSA) is 121 Å². The Morgan fingerprint density at radius 1 is 1.29 bits per heavy atom. The lowest BCUT2D eigenvalue weighted by Gasteiger charge is -2.17. The second-order valence-corrected chi connectivity index (χ2v) is 8.82. The molecule has 1 fully saturated rings. The first kappa shape index (κ1) is 20.3. The van der Waals surface area contributed by atoms with E-state index in [1.54, 1.807) is 13.8 Å². The molecule has 10 heteroatoms. The van der Waals surface area contributed by atoms with Crippen molar-refractivity contribution in [1.82, 2.24) is 8.87 Å². The molecule has 1 aromatic heterocycles. The number of carbonyl (C=O) groups is 1. The smallest absolute Gasteiger partial charge is 0.432 e. The van der Waals surface area contributed by atoms with Gasteiger partial charge < -0.3 is 15.2 Å². The first-order valence-corrected chi connectivity index (χ1v) is 10.4. The van der Waals surface area contributed by atoms with E-state index in [4.69, 9.17) is 15.2 Å². The molecule has 1 aliphatic rings. The summed E-state index contributed by atoms with van der Waals surface area (Å²) in [6.07, 6.45) is 0.763. The standard InChI is InChI=1S/C18H23N3O6S/c1-12(2)27-18(23)26-11-20-8-7-14-15(17(20)22)4-3-5-16(14)28(24,25)21-9-6-13(19)10-21/h3-5,7-8,12-13H,6,9-11,19H2,1-2H3/t13-/m0/s1. The highest BCUT2D eigenvalue weighted by atomic mass is 32.2. The Hall–Kier alpha value is -2.43. The Morgan fingerprint density at radius 2 is 2.04 bits per heavy atom. The fraction of sp³-hybridized carbons (Fsp3) is 0.444. The number of carbonyl (C=O) groups excluding carboxylic acids is 1. The summed E-state index contributed by atoms with van der Waals surface area (Å²) < 4.78 is 38.3. The van der Waals surface area contributed by atoms with Gasteiger partial charge in [-0.1, -0.05) is 6.07 Å². The van der Waals surface area contributed by atoms with Crippen LogP contribution in [0.1, 0.15) is 20.3 Å². The minimum absolute atomic E-state index is 0.0588. The van der Waals surface area contributed by atoms with E-state index in [9.17, 15) is 18.0 Å². The number of nitrogens with two attached hydrogens (primary N) is 1. The summed E-state index contributed by atoms with van der Waals surface area (Å²) in [5.41, 5.74) is 5.37. The molecular formula is C18H23N3O6S. The minimum Gasteiger partial charge on any atom is -0.432 e. The van der Waals surface area contributed by atoms with E-state index in [-0.39, 0.29) is 35.7 Å². The van der Waals surface area contributed by atoms with Gasteiger partial charge in [0.15, 0.2) is 6.73 Å². The van der Waals surface area contributed by atoms with Gasteiger partial charge in [-0.3, -0.25) is 9.36 Å². The molecule has 2 N–H and O–H groups in total. The van der Waals surface area contributed by atoms with Gasteiger partial charge in [0, 0.05) is 36.1 Å². The van der Waals surface area contributed by atoms with E-state index in [0.717, 1.165) is 0 Å². The molecule has 0 saturated carbocycles. The Labute approximate surface area is 162 Å². The van der Waals surface area contributed by atoms with Crippen molar-refractivity contribution in [2.45, 2.75) is 44.0 Å². The van der Waals surface area contributed by atoms with Crippen molar-refractivity contribution in [2.75, 3.05) is 13.1 Å². The Morgan fingerprint density at radius 3 is 2.68 bits per heavy atom. The van der Waals surface area contributed by atoms with E-state index >= 15 is 0 Å². The van der Waals surface area contributed by atoms with Crippen LogP contribution in [0.25, 0.3) is 10.8 Å². The van der Waals surface area contributed by atoms with Crippen LogP contribution in [0.15, 0.2) is 40.2 Å². The highest BCUT2D eigenvalue weighted by molar-refractivity contribution is 7.89. The van der Waals surface area contributed by atoms with Crippen LogP contribution in [0.2, 0.25) is 0 Å². The second kappa shape index (κ2) is 7.90. The number of aromatic nitrogens is 1. The van der Waals surface area contributed by atoms with E-state index in [2.05, 4.69) is 0 Å². The number of hydrogen-bond acceptors (Lipinski definition) is 7. The van der Waals surface area contributed by atoms with Crippen molar-refractivity contribution in [3.63, 3.8) is 0 Å². The lowest BCUT2D eigenvalue weighted by molar-refractivity contribution is 0.0154. The van der Waals surface area contributed by atoms with Crippen molar-refractivity contribution >= 4 is 27.0 Å². The summed E-state index contributed by atoms with van der Waals surface area (Å²) in [4.78, 5) is 24.3. The first-order chi connectivity index (χ1) is 13.2. The molecule has 1 aliphatic heterocycles. The summed E-state index contributed by atoms with van der Waals surface area (Å²) in [6, 6.07) is 5.86. The maximum Gasteiger partial charge on any atom is 0.510 e. The summed E-state index contributed by atoms with van der Waals surface area (Å²) in [6.45, 7) is 3.62. The maximum atomic E-state index is 13.0. The Bertz CT molecular complexity index is 1050. The number of hydrogen-bond donors (Lipinski definition) is 1. The van der Waals surface area contributed by atoms with E-state index < -0.39 is 21.7 Å². The van der Waals surface area contributed by atoms with Gasteiger partial charge in [-0.2, -0.15) is 4.31 Å². The molecule has 1 saturated heterocycles. The lowest BCUT2D eigenvalue weighted by atomic mass is 10.2. The van der Waals surface area contributed by atoms with Crippen molar-refractivity contribution in [2.24, 2.45) is 5.73 Å². The first-order valence-electron chi connectivity index (χ1n) is 8.91. The molecule has 152 valence electrons. The molecule has 1 aromatic carbocycles. The van der Waals surface area contributed by atoms with Gasteiger partial charge in [-0.05, 0) is 38.5 Å². The summed E-state index contributed by atoms with van der Waals surface area (Å²) in [5, 5.41) is 0.530. The molecule has 1 atom stereocenters. The third-order valence-corrected chi connectivity index (χ3v) is 6.36. The number of rotatable bonds is 5. The third-order valence-electron chi connectivity index (χ3n) is 4.44. The van der Waals surface area contributed by atoms with Crippen LogP contribution in [0.4, 0.5) is 4.79 Å². The van der Waals surface area contributed by atoms with Crippen LogP contribution in [-0.2, 0) is 26.2 Å². The molecule has 2 aromatic rings. The van der Waals surface area contributed by atoms with Crippen LogP contribution in [0.3, 0.4) is 0 Å². The van der Waals surface area contributed by atoms with Crippen LogP contribution in [0, 0.1) is 0 Å². The number of sulfonamides is 1. The molecule has 2 heterocycles. The molecular weight excluding hydrogens is 386 g/mol. The van der Waals surface area contributed by atoms with Crippen molar-refractivity contribution in [3.8, 4) is 0 Å². The zero-order valence-corrected chi connectivity index (χ0v) is 16.5. The number of benzene rings is 1. The fourth-order valence-electron chi connectivity index (χ4n) is 3.08. The number of ether oxygens (including phenoxy) is 2. The predicted octanol–water partition coefficient (Wildman–Crippen LogP) is 1.24. The Kier molecular flexibility index (Phi) is 5.73. The molecule has 0 spiro atoms. The normalized spacial score (nSPS) is 17.9.